The number of aryl methyl sites for hydroxylation is 1. The SMILES string of the molecule is CNc1c(C2CCCCC2)ccc2c1C1(OC(=O)c3ccccc31)c1cc(Nc3ccccc3)c(C)cc1O2. The lowest BCUT2D eigenvalue weighted by atomic mass is 9.74. The third-order valence-corrected chi connectivity index (χ3v) is 8.60. The highest BCUT2D eigenvalue weighted by molar-refractivity contribution is 5.98. The molecule has 2 N–H and O–H groups in total. The Bertz CT molecular complexity index is 1590. The van der Waals surface area contributed by atoms with Crippen molar-refractivity contribution in [3.63, 3.8) is 0 Å². The summed E-state index contributed by atoms with van der Waals surface area (Å²) in [7, 11) is 1.96. The smallest absolute Gasteiger partial charge is 0.340 e. The Kier molecular flexibility index (Phi) is 5.62. The molecule has 0 saturated heterocycles. The van der Waals surface area contributed by atoms with Gasteiger partial charge in [-0.3, -0.25) is 0 Å². The van der Waals surface area contributed by atoms with Crippen LogP contribution in [-0.4, -0.2) is 13.0 Å². The number of esters is 1. The summed E-state index contributed by atoms with van der Waals surface area (Å²) < 4.78 is 13.2. The first-order chi connectivity index (χ1) is 19.1. The van der Waals surface area contributed by atoms with E-state index in [0.717, 1.165) is 45.1 Å². The summed E-state index contributed by atoms with van der Waals surface area (Å²) in [4.78, 5) is 13.5. The van der Waals surface area contributed by atoms with Crippen molar-refractivity contribution in [3.05, 3.63) is 112 Å². The van der Waals surface area contributed by atoms with Crippen molar-refractivity contribution in [2.24, 2.45) is 0 Å². The summed E-state index contributed by atoms with van der Waals surface area (Å²) in [6.07, 6.45) is 6.09. The Hall–Kier alpha value is -4.25. The molecule has 39 heavy (non-hydrogen) atoms. The van der Waals surface area contributed by atoms with Crippen LogP contribution >= 0.6 is 0 Å². The van der Waals surface area contributed by atoms with Crippen molar-refractivity contribution in [1.29, 1.82) is 0 Å². The number of hydrogen-bond donors (Lipinski definition) is 2. The van der Waals surface area contributed by atoms with E-state index in [0.29, 0.717) is 17.2 Å². The van der Waals surface area contributed by atoms with E-state index >= 15 is 0 Å². The summed E-state index contributed by atoms with van der Waals surface area (Å²) in [6, 6.07) is 26.3. The summed E-state index contributed by atoms with van der Waals surface area (Å²) in [5.74, 6) is 1.58. The second kappa shape index (κ2) is 9.19. The van der Waals surface area contributed by atoms with Crippen LogP contribution in [0.2, 0.25) is 0 Å². The van der Waals surface area contributed by atoms with E-state index in [1.165, 1.54) is 37.7 Å². The van der Waals surface area contributed by atoms with Crippen LogP contribution in [0.1, 0.15) is 76.2 Å². The maximum Gasteiger partial charge on any atom is 0.340 e. The first-order valence-electron chi connectivity index (χ1n) is 13.9. The second-order valence-corrected chi connectivity index (χ2v) is 10.9. The highest BCUT2D eigenvalue weighted by Gasteiger charge is 2.55. The molecule has 1 spiro atoms. The molecule has 1 unspecified atom stereocenters. The first-order valence-corrected chi connectivity index (χ1v) is 13.9. The quantitative estimate of drug-likeness (QED) is 0.267. The van der Waals surface area contributed by atoms with Gasteiger partial charge in [-0.25, -0.2) is 4.79 Å². The highest BCUT2D eigenvalue weighted by Crippen LogP contribution is 2.60. The minimum absolute atomic E-state index is 0.312. The number of para-hydroxylation sites is 1. The van der Waals surface area contributed by atoms with Gasteiger partial charge in [0, 0.05) is 35.2 Å². The van der Waals surface area contributed by atoms with Crippen LogP contribution < -0.4 is 15.4 Å². The van der Waals surface area contributed by atoms with Crippen molar-refractivity contribution in [1.82, 2.24) is 0 Å². The lowest BCUT2D eigenvalue weighted by Gasteiger charge is -2.39. The molecule has 5 heteroatoms. The van der Waals surface area contributed by atoms with Gasteiger partial charge in [0.05, 0.1) is 11.1 Å². The standard InChI is InChI=1S/C34H32N2O3/c1-21-19-30-27(20-28(21)36-23-13-7-4-8-14-23)34(26-16-10-9-15-25(26)33(37)39-34)31-29(38-30)18-17-24(32(31)35-2)22-11-5-3-6-12-22/h4,7-10,13-20,22,35-36H,3,5-6,11-12H2,1-2H3. The zero-order valence-electron chi connectivity index (χ0n) is 22.3. The van der Waals surface area contributed by atoms with Crippen molar-refractivity contribution < 1.29 is 14.3 Å². The van der Waals surface area contributed by atoms with Gasteiger partial charge in [-0.15, -0.1) is 0 Å². The Morgan fingerprint density at radius 2 is 1.62 bits per heavy atom. The summed E-state index contributed by atoms with van der Waals surface area (Å²) >= 11 is 0. The third kappa shape index (κ3) is 3.63. The topological polar surface area (TPSA) is 59.6 Å². The first kappa shape index (κ1) is 23.8. The molecular weight excluding hydrogens is 484 g/mol. The molecule has 1 aliphatic carbocycles. The van der Waals surface area contributed by atoms with Crippen LogP contribution in [0.3, 0.4) is 0 Å². The average Bonchev–Trinajstić information content (AvgIpc) is 3.27. The van der Waals surface area contributed by atoms with Crippen LogP contribution in [0, 0.1) is 6.92 Å². The summed E-state index contributed by atoms with van der Waals surface area (Å²) in [5, 5.41) is 7.10. The number of rotatable bonds is 4. The second-order valence-electron chi connectivity index (χ2n) is 10.9. The van der Waals surface area contributed by atoms with Crippen LogP contribution in [0.25, 0.3) is 0 Å². The fourth-order valence-electron chi connectivity index (χ4n) is 6.77. The van der Waals surface area contributed by atoms with Gasteiger partial charge < -0.3 is 20.1 Å². The zero-order valence-corrected chi connectivity index (χ0v) is 22.3. The minimum atomic E-state index is -1.12. The molecule has 1 saturated carbocycles. The predicted octanol–water partition coefficient (Wildman–Crippen LogP) is 8.40. The van der Waals surface area contributed by atoms with Crippen molar-refractivity contribution in [2.45, 2.75) is 50.5 Å². The largest absolute Gasteiger partial charge is 0.456 e. The van der Waals surface area contributed by atoms with Gasteiger partial charge in [-0.05, 0) is 73.2 Å². The summed E-state index contributed by atoms with van der Waals surface area (Å²) in [6.45, 7) is 2.07. The van der Waals surface area contributed by atoms with Crippen LogP contribution in [0.5, 0.6) is 11.5 Å². The molecule has 0 aromatic heterocycles. The molecule has 3 aliphatic rings. The maximum absolute atomic E-state index is 13.5. The number of nitrogens with one attached hydrogen (secondary N) is 2. The van der Waals surface area contributed by atoms with Gasteiger partial charge in [0.2, 0.25) is 0 Å². The molecule has 7 rings (SSSR count). The predicted molar refractivity (Wildman–Crippen MR) is 155 cm³/mol. The Labute approximate surface area is 229 Å². The van der Waals surface area contributed by atoms with E-state index < -0.39 is 5.60 Å². The fraction of sp³-hybridized carbons (Fsp3) is 0.265. The van der Waals surface area contributed by atoms with Crippen LogP contribution in [-0.2, 0) is 10.3 Å². The van der Waals surface area contributed by atoms with E-state index in [1.54, 1.807) is 0 Å². The summed E-state index contributed by atoms with van der Waals surface area (Å²) in [5.41, 5.74) is 7.30. The van der Waals surface area contributed by atoms with E-state index in [9.17, 15) is 4.79 Å². The number of fused-ring (bicyclic) bond motifs is 6. The molecular formula is C34H32N2O3. The van der Waals surface area contributed by atoms with Crippen LogP contribution in [0.4, 0.5) is 17.1 Å². The number of anilines is 3. The molecule has 2 heterocycles. The Balaban J connectivity index is 1.50. The average molecular weight is 517 g/mol. The van der Waals surface area contributed by atoms with Crippen molar-refractivity contribution >= 4 is 23.0 Å². The molecule has 0 amide bonds. The van der Waals surface area contributed by atoms with Crippen molar-refractivity contribution in [2.75, 3.05) is 17.7 Å². The fourth-order valence-corrected chi connectivity index (χ4v) is 6.77. The van der Waals surface area contributed by atoms with Gasteiger partial charge >= 0.3 is 5.97 Å². The minimum Gasteiger partial charge on any atom is -0.456 e. The van der Waals surface area contributed by atoms with E-state index in [1.807, 2.05) is 67.7 Å². The maximum atomic E-state index is 13.5. The number of benzene rings is 4. The van der Waals surface area contributed by atoms with Gasteiger partial charge in [0.15, 0.2) is 5.60 Å². The van der Waals surface area contributed by atoms with E-state index in [-0.39, 0.29) is 5.97 Å². The number of ether oxygens (including phenoxy) is 2. The number of hydrogen-bond acceptors (Lipinski definition) is 5. The molecule has 0 radical (unpaired) electrons. The molecule has 1 atom stereocenters. The zero-order chi connectivity index (χ0) is 26.6. The number of carbonyl (C=O) groups is 1. The molecule has 0 bridgehead atoms. The molecule has 2 aliphatic heterocycles. The van der Waals surface area contributed by atoms with E-state index in [4.69, 9.17) is 9.47 Å². The number of carbonyl (C=O) groups excluding carboxylic acids is 1. The Morgan fingerprint density at radius 1 is 0.846 bits per heavy atom. The Morgan fingerprint density at radius 3 is 2.41 bits per heavy atom. The molecule has 4 aromatic rings. The molecule has 1 fully saturated rings. The van der Waals surface area contributed by atoms with Gasteiger partial charge in [0.25, 0.3) is 0 Å². The van der Waals surface area contributed by atoms with E-state index in [2.05, 4.69) is 35.8 Å². The highest BCUT2D eigenvalue weighted by atomic mass is 16.6. The van der Waals surface area contributed by atoms with Crippen molar-refractivity contribution in [3.8, 4) is 11.5 Å². The third-order valence-electron chi connectivity index (χ3n) is 8.60. The monoisotopic (exact) mass is 516 g/mol. The van der Waals surface area contributed by atoms with Gasteiger partial charge in [-0.2, -0.15) is 0 Å². The lowest BCUT2D eigenvalue weighted by molar-refractivity contribution is 0.0226. The normalized spacial score (nSPS) is 19.5. The van der Waals surface area contributed by atoms with Crippen LogP contribution in [0.15, 0.2) is 78.9 Å². The van der Waals surface area contributed by atoms with Gasteiger partial charge in [0.1, 0.15) is 11.5 Å². The molecule has 196 valence electrons. The van der Waals surface area contributed by atoms with Gasteiger partial charge in [-0.1, -0.05) is 61.7 Å². The molecule has 5 nitrogen and oxygen atoms in total. The molecule has 4 aromatic carbocycles. The lowest BCUT2D eigenvalue weighted by Crippen LogP contribution is -2.34.